The molecule has 0 saturated heterocycles. The standard InChI is InChI=1S/C2H2O4.Fe.2H/c3-1(4)2(5)6;;;/h(H,3,4)(H,5,6);;;/q;+4;2*-1/p-2. The van der Waals surface area contributed by atoms with Crippen molar-refractivity contribution in [2.75, 3.05) is 0 Å². The van der Waals surface area contributed by atoms with Crippen molar-refractivity contribution in [1.82, 2.24) is 0 Å². The number of aliphatic carboxylic acids is 2. The van der Waals surface area contributed by atoms with Crippen LogP contribution < -0.4 is 10.2 Å². The van der Waals surface area contributed by atoms with Crippen molar-refractivity contribution in [2.24, 2.45) is 0 Å². The van der Waals surface area contributed by atoms with Crippen LogP contribution in [0.15, 0.2) is 0 Å². The first-order valence-corrected chi connectivity index (χ1v) is 1.07. The maximum atomic E-state index is 8.93. The van der Waals surface area contributed by atoms with E-state index in [0.29, 0.717) is 0 Å². The number of hydrogen-bond acceptors (Lipinski definition) is 4. The molecule has 0 radical (unpaired) electrons. The Morgan fingerprint density at radius 2 is 1.29 bits per heavy atom. The van der Waals surface area contributed by atoms with E-state index in [1.807, 2.05) is 0 Å². The third-order valence-corrected chi connectivity index (χ3v) is 0.167. The van der Waals surface area contributed by atoms with Crippen LogP contribution in [0.4, 0.5) is 0 Å². The van der Waals surface area contributed by atoms with Crippen molar-refractivity contribution in [3.05, 3.63) is 0 Å². The predicted octanol–water partition coefficient (Wildman–Crippen LogP) is -3.29. The first kappa shape index (κ1) is 9.68. The maximum Gasteiger partial charge on any atom is 4.00 e. The van der Waals surface area contributed by atoms with Crippen molar-refractivity contribution in [3.63, 3.8) is 0 Å². The molecule has 0 atom stereocenters. The zero-order valence-corrected chi connectivity index (χ0v) is 4.09. The molecule has 0 aromatic heterocycles. The van der Waals surface area contributed by atoms with Crippen molar-refractivity contribution >= 4 is 11.9 Å². The van der Waals surface area contributed by atoms with Crippen LogP contribution in [0.5, 0.6) is 0 Å². The summed E-state index contributed by atoms with van der Waals surface area (Å²) in [5.41, 5.74) is 0. The van der Waals surface area contributed by atoms with E-state index >= 15 is 0 Å². The van der Waals surface area contributed by atoms with Gasteiger partial charge in [0.1, 0.15) is 0 Å². The van der Waals surface area contributed by atoms with Gasteiger partial charge < -0.3 is 22.7 Å². The van der Waals surface area contributed by atoms with Gasteiger partial charge in [-0.15, -0.1) is 0 Å². The van der Waals surface area contributed by atoms with Crippen LogP contribution in [0.25, 0.3) is 0 Å². The van der Waals surface area contributed by atoms with Gasteiger partial charge >= 0.3 is 17.1 Å². The Kier molecular flexibility index (Phi) is 5.04. The fourth-order valence-electron chi connectivity index (χ4n) is 0. The Labute approximate surface area is 52.6 Å². The molecule has 0 rings (SSSR count). The molecule has 0 aliphatic heterocycles. The second-order valence-corrected chi connectivity index (χ2v) is 0.575. The van der Waals surface area contributed by atoms with E-state index in [2.05, 4.69) is 0 Å². The number of carboxylic acids is 2. The molecule has 0 spiro atoms. The van der Waals surface area contributed by atoms with Crippen LogP contribution in [-0.2, 0) is 26.7 Å². The summed E-state index contributed by atoms with van der Waals surface area (Å²) in [4.78, 5) is 17.9. The Morgan fingerprint density at radius 1 is 1.14 bits per heavy atom. The van der Waals surface area contributed by atoms with Gasteiger partial charge in [0.25, 0.3) is 0 Å². The minimum atomic E-state index is -2.19. The normalized spacial score (nSPS) is 6.29. The summed E-state index contributed by atoms with van der Waals surface area (Å²) in [6.07, 6.45) is 0. The van der Waals surface area contributed by atoms with Gasteiger partial charge in [0.15, 0.2) is 0 Å². The van der Waals surface area contributed by atoms with Gasteiger partial charge in [-0.25, -0.2) is 0 Å². The van der Waals surface area contributed by atoms with E-state index in [0.717, 1.165) is 0 Å². The molecule has 0 aliphatic carbocycles. The zero-order chi connectivity index (χ0) is 5.15. The number of carbonyl (C=O) groups excluding carboxylic acids is 2. The van der Waals surface area contributed by atoms with Crippen LogP contribution in [0, 0.1) is 0 Å². The van der Waals surface area contributed by atoms with Crippen molar-refractivity contribution in [1.29, 1.82) is 0 Å². The molecule has 0 amide bonds. The Hall–Kier alpha value is -0.541. The zero-order valence-electron chi connectivity index (χ0n) is 4.99. The minimum absolute atomic E-state index is 0. The van der Waals surface area contributed by atoms with Crippen LogP contribution in [0.2, 0.25) is 0 Å². The third-order valence-electron chi connectivity index (χ3n) is 0.167. The quantitative estimate of drug-likeness (QED) is 0.265. The van der Waals surface area contributed by atoms with Gasteiger partial charge in [-0.1, -0.05) is 0 Å². The Bertz CT molecular complexity index is 82.6. The van der Waals surface area contributed by atoms with Gasteiger partial charge in [0, 0.05) is 0 Å². The minimum Gasteiger partial charge on any atom is -1.00 e. The molecule has 0 fully saturated rings. The monoisotopic (exact) mass is 146 g/mol. The summed E-state index contributed by atoms with van der Waals surface area (Å²) >= 11 is 0. The molecule has 4 nitrogen and oxygen atoms in total. The summed E-state index contributed by atoms with van der Waals surface area (Å²) in [6, 6.07) is 0. The first-order valence-electron chi connectivity index (χ1n) is 1.07. The van der Waals surface area contributed by atoms with E-state index < -0.39 is 11.9 Å². The topological polar surface area (TPSA) is 80.3 Å². The molecule has 0 heterocycles. The summed E-state index contributed by atoms with van der Waals surface area (Å²) in [6.45, 7) is 0. The second kappa shape index (κ2) is 3.64. The molecule has 0 aromatic rings. The molecule has 0 aliphatic rings. The molecule has 0 aromatic carbocycles. The number of hydrogen-bond donors (Lipinski definition) is 0. The van der Waals surface area contributed by atoms with Crippen LogP contribution in [0.1, 0.15) is 2.85 Å². The molecule has 5 heteroatoms. The Balaban J connectivity index is -0.0000000417. The third kappa shape index (κ3) is 5.46. The summed E-state index contributed by atoms with van der Waals surface area (Å²) in [5, 5.41) is 17.9. The SMILES string of the molecule is O=C([O-])C(=O)[O-].[Fe+4].[H-].[H-]. The summed E-state index contributed by atoms with van der Waals surface area (Å²) in [5.74, 6) is -4.37. The second-order valence-electron chi connectivity index (χ2n) is 0.575. The van der Waals surface area contributed by atoms with Gasteiger partial charge in [-0.2, -0.15) is 0 Å². The first-order chi connectivity index (χ1) is 2.64. The van der Waals surface area contributed by atoms with E-state index in [1.165, 1.54) is 0 Å². The Morgan fingerprint density at radius 3 is 1.29 bits per heavy atom. The van der Waals surface area contributed by atoms with E-state index in [1.54, 1.807) is 0 Å². The average molecular weight is 146 g/mol. The van der Waals surface area contributed by atoms with Crippen molar-refractivity contribution in [3.8, 4) is 0 Å². The molecule has 42 valence electrons. The molecule has 0 saturated carbocycles. The number of carbonyl (C=O) groups is 2. The fourth-order valence-corrected chi connectivity index (χ4v) is 0. The van der Waals surface area contributed by atoms with Crippen LogP contribution in [-0.4, -0.2) is 11.9 Å². The van der Waals surface area contributed by atoms with Crippen molar-refractivity contribution < 1.29 is 39.7 Å². The van der Waals surface area contributed by atoms with Gasteiger partial charge in [-0.3, -0.25) is 0 Å². The smallest absolute Gasteiger partial charge is 1.00 e. The molecule has 0 unspecified atom stereocenters. The van der Waals surface area contributed by atoms with Crippen molar-refractivity contribution in [2.45, 2.75) is 0 Å². The van der Waals surface area contributed by atoms with E-state index in [-0.39, 0.29) is 19.9 Å². The van der Waals surface area contributed by atoms with Crippen LogP contribution in [0.3, 0.4) is 0 Å². The van der Waals surface area contributed by atoms with Gasteiger partial charge in [-0.05, 0) is 0 Å². The van der Waals surface area contributed by atoms with Gasteiger partial charge in [0.05, 0.1) is 11.9 Å². The van der Waals surface area contributed by atoms with E-state index in [4.69, 9.17) is 19.8 Å². The molecular weight excluding hydrogens is 144 g/mol. The molecule has 7 heavy (non-hydrogen) atoms. The summed E-state index contributed by atoms with van der Waals surface area (Å²) in [7, 11) is 0. The average Bonchev–Trinajstić information content (AvgIpc) is 1.36. The maximum absolute atomic E-state index is 8.93. The number of carboxylic acid groups (broad SMARTS) is 2. The molecule has 0 bridgehead atoms. The predicted molar refractivity (Wildman–Crippen MR) is 12.2 cm³/mol. The van der Waals surface area contributed by atoms with E-state index in [9.17, 15) is 0 Å². The fraction of sp³-hybridized carbons (Fsp3) is 0. The molecular formula is C2H2FeO4. The summed E-state index contributed by atoms with van der Waals surface area (Å²) < 4.78 is 0. The van der Waals surface area contributed by atoms with Gasteiger partial charge in [0.2, 0.25) is 0 Å². The van der Waals surface area contributed by atoms with Crippen LogP contribution >= 0.6 is 0 Å². The number of rotatable bonds is 0. The molecule has 0 N–H and O–H groups in total. The largest absolute Gasteiger partial charge is 4.00 e.